The third-order valence-electron chi connectivity index (χ3n) is 5.25. The third kappa shape index (κ3) is 2.18. The fraction of sp³-hybridized carbons (Fsp3) is 0.474. The summed E-state index contributed by atoms with van der Waals surface area (Å²) in [4.78, 5) is 27.3. The van der Waals surface area contributed by atoms with E-state index in [1.807, 2.05) is 56.3 Å². The third-order valence-corrected chi connectivity index (χ3v) is 5.25. The molecule has 1 spiro atoms. The smallest absolute Gasteiger partial charge is 0.313 e. The van der Waals surface area contributed by atoms with Gasteiger partial charge in [0.15, 0.2) is 0 Å². The van der Waals surface area contributed by atoms with Gasteiger partial charge in [0.1, 0.15) is 18.1 Å². The molecular formula is C19H21NO4. The number of amides is 1. The first-order chi connectivity index (χ1) is 11.5. The lowest BCUT2D eigenvalue weighted by Gasteiger charge is -2.24. The lowest BCUT2D eigenvalue weighted by molar-refractivity contribution is -0.155. The minimum Gasteiger partial charge on any atom is -0.460 e. The Kier molecular flexibility index (Phi) is 3.49. The van der Waals surface area contributed by atoms with Crippen molar-refractivity contribution < 1.29 is 19.1 Å². The van der Waals surface area contributed by atoms with Gasteiger partial charge >= 0.3 is 5.97 Å². The first-order valence-electron chi connectivity index (χ1n) is 8.40. The molecule has 3 heterocycles. The lowest BCUT2D eigenvalue weighted by Crippen LogP contribution is -2.40. The van der Waals surface area contributed by atoms with Crippen LogP contribution >= 0.6 is 0 Å². The van der Waals surface area contributed by atoms with E-state index in [9.17, 15) is 9.59 Å². The van der Waals surface area contributed by atoms with Gasteiger partial charge < -0.3 is 14.4 Å². The van der Waals surface area contributed by atoms with Crippen molar-refractivity contribution >= 4 is 11.9 Å². The van der Waals surface area contributed by atoms with E-state index in [2.05, 4.69) is 0 Å². The Morgan fingerprint density at radius 2 is 2.12 bits per heavy atom. The second kappa shape index (κ2) is 5.45. The number of esters is 1. The average Bonchev–Trinajstić information content (AvgIpc) is 3.22. The molecule has 4 rings (SSSR count). The summed E-state index contributed by atoms with van der Waals surface area (Å²) in [6.07, 6.45) is 3.52. The summed E-state index contributed by atoms with van der Waals surface area (Å²) in [5.41, 5.74) is 0.282. The summed E-state index contributed by atoms with van der Waals surface area (Å²) < 4.78 is 11.5. The van der Waals surface area contributed by atoms with Gasteiger partial charge in [-0.25, -0.2) is 0 Å². The molecule has 1 aromatic carbocycles. The predicted molar refractivity (Wildman–Crippen MR) is 86.8 cm³/mol. The summed E-state index contributed by atoms with van der Waals surface area (Å²) in [7, 11) is 0. The Balaban J connectivity index is 1.52. The molecule has 5 heteroatoms. The number of carbonyl (C=O) groups excluding carboxylic acids is 2. The van der Waals surface area contributed by atoms with Gasteiger partial charge in [-0.15, -0.1) is 0 Å². The SMILES string of the molecule is CC(C)N1C[C@]23C=C[C@@H](O2)[C@H](C(=O)OCc2ccccc2)[C@@H]3C1=O. The van der Waals surface area contributed by atoms with Gasteiger partial charge in [-0.3, -0.25) is 9.59 Å². The van der Waals surface area contributed by atoms with Crippen molar-refractivity contribution in [3.63, 3.8) is 0 Å². The van der Waals surface area contributed by atoms with Crippen LogP contribution in [0.5, 0.6) is 0 Å². The van der Waals surface area contributed by atoms with Crippen LogP contribution in [0.3, 0.4) is 0 Å². The van der Waals surface area contributed by atoms with E-state index in [0.717, 1.165) is 5.56 Å². The van der Waals surface area contributed by atoms with Gasteiger partial charge in [0.2, 0.25) is 5.91 Å². The number of fused-ring (bicyclic) bond motifs is 1. The highest BCUT2D eigenvalue weighted by Gasteiger charge is 2.67. The predicted octanol–water partition coefficient (Wildman–Crippen LogP) is 1.92. The molecule has 0 unspecified atom stereocenters. The molecule has 0 N–H and O–H groups in total. The molecule has 0 radical (unpaired) electrons. The number of rotatable bonds is 4. The average molecular weight is 327 g/mol. The van der Waals surface area contributed by atoms with Crippen LogP contribution in [0.15, 0.2) is 42.5 Å². The minimum atomic E-state index is -0.650. The second-order valence-electron chi connectivity index (χ2n) is 7.05. The van der Waals surface area contributed by atoms with Gasteiger partial charge in [-0.05, 0) is 19.4 Å². The molecule has 24 heavy (non-hydrogen) atoms. The van der Waals surface area contributed by atoms with Crippen LogP contribution in [0.1, 0.15) is 19.4 Å². The van der Waals surface area contributed by atoms with Crippen molar-refractivity contribution in [3.8, 4) is 0 Å². The van der Waals surface area contributed by atoms with Crippen molar-refractivity contribution in [1.82, 2.24) is 4.90 Å². The highest BCUT2D eigenvalue weighted by atomic mass is 16.6. The molecule has 1 aromatic rings. The Bertz CT molecular complexity index is 699. The standard InChI is InChI=1S/C19H21NO4/c1-12(2)20-11-19-9-8-14(24-19)15(16(19)17(20)21)18(22)23-10-13-6-4-3-5-7-13/h3-9,12,14-16H,10-11H2,1-2H3/t14-,15+,16-,19+/m1/s1. The van der Waals surface area contributed by atoms with Gasteiger partial charge in [0.05, 0.1) is 18.6 Å². The number of ether oxygens (including phenoxy) is 2. The van der Waals surface area contributed by atoms with Gasteiger partial charge in [0, 0.05) is 6.04 Å². The molecular weight excluding hydrogens is 306 g/mol. The van der Waals surface area contributed by atoms with Crippen LogP contribution in [0.4, 0.5) is 0 Å². The second-order valence-corrected chi connectivity index (χ2v) is 7.05. The van der Waals surface area contributed by atoms with Crippen LogP contribution in [0, 0.1) is 11.8 Å². The highest BCUT2D eigenvalue weighted by Crippen LogP contribution is 2.52. The van der Waals surface area contributed by atoms with Gasteiger partial charge in [0.25, 0.3) is 0 Å². The van der Waals surface area contributed by atoms with Crippen molar-refractivity contribution in [3.05, 3.63) is 48.0 Å². The van der Waals surface area contributed by atoms with Crippen LogP contribution in [-0.4, -0.2) is 41.1 Å². The molecule has 2 saturated heterocycles. The fourth-order valence-electron chi connectivity index (χ4n) is 4.06. The van der Waals surface area contributed by atoms with E-state index >= 15 is 0 Å². The normalized spacial score (nSPS) is 33.4. The summed E-state index contributed by atoms with van der Waals surface area (Å²) in [5.74, 6) is -1.36. The van der Waals surface area contributed by atoms with Crippen molar-refractivity contribution in [1.29, 1.82) is 0 Å². The van der Waals surface area contributed by atoms with Gasteiger partial charge in [-0.1, -0.05) is 42.5 Å². The van der Waals surface area contributed by atoms with E-state index < -0.39 is 17.4 Å². The summed E-state index contributed by atoms with van der Waals surface area (Å²) in [6, 6.07) is 9.64. The van der Waals surface area contributed by atoms with E-state index in [4.69, 9.17) is 9.47 Å². The summed E-state index contributed by atoms with van der Waals surface area (Å²) >= 11 is 0. The molecule has 0 aliphatic carbocycles. The first-order valence-corrected chi connectivity index (χ1v) is 8.40. The molecule has 0 saturated carbocycles. The topological polar surface area (TPSA) is 55.8 Å². The van der Waals surface area contributed by atoms with E-state index in [-0.39, 0.29) is 30.6 Å². The molecule has 1 amide bonds. The van der Waals surface area contributed by atoms with Crippen molar-refractivity contribution in [2.45, 2.75) is 38.2 Å². The number of carbonyl (C=O) groups is 2. The van der Waals surface area contributed by atoms with Crippen molar-refractivity contribution in [2.75, 3.05) is 6.54 Å². The van der Waals surface area contributed by atoms with Crippen LogP contribution < -0.4 is 0 Å². The molecule has 126 valence electrons. The minimum absolute atomic E-state index is 0.00138. The number of hydrogen-bond acceptors (Lipinski definition) is 4. The van der Waals surface area contributed by atoms with Crippen molar-refractivity contribution in [2.24, 2.45) is 11.8 Å². The molecule has 2 fully saturated rings. The number of likely N-dealkylation sites (tertiary alicyclic amines) is 1. The molecule has 3 aliphatic heterocycles. The maximum absolute atomic E-state index is 12.8. The Labute approximate surface area is 141 Å². The Morgan fingerprint density at radius 3 is 2.83 bits per heavy atom. The largest absolute Gasteiger partial charge is 0.460 e. The molecule has 3 aliphatic rings. The molecule has 0 aromatic heterocycles. The Morgan fingerprint density at radius 1 is 1.38 bits per heavy atom. The zero-order chi connectivity index (χ0) is 16.9. The molecule has 2 bridgehead atoms. The van der Waals surface area contributed by atoms with E-state index in [0.29, 0.717) is 6.54 Å². The monoisotopic (exact) mass is 327 g/mol. The summed E-state index contributed by atoms with van der Waals surface area (Å²) in [6.45, 7) is 4.70. The number of benzene rings is 1. The number of hydrogen-bond donors (Lipinski definition) is 0. The zero-order valence-electron chi connectivity index (χ0n) is 13.8. The number of nitrogens with zero attached hydrogens (tertiary/aromatic N) is 1. The summed E-state index contributed by atoms with van der Waals surface area (Å²) in [5, 5.41) is 0. The zero-order valence-corrected chi connectivity index (χ0v) is 13.8. The first kappa shape index (κ1) is 15.4. The van der Waals surface area contributed by atoms with Crippen LogP contribution in [0.2, 0.25) is 0 Å². The molecule has 5 nitrogen and oxygen atoms in total. The highest BCUT2D eigenvalue weighted by molar-refractivity contribution is 5.91. The van der Waals surface area contributed by atoms with Crippen LogP contribution in [0.25, 0.3) is 0 Å². The lowest BCUT2D eigenvalue weighted by atomic mass is 9.77. The fourth-order valence-corrected chi connectivity index (χ4v) is 4.06. The maximum atomic E-state index is 12.8. The van der Waals surface area contributed by atoms with E-state index in [1.165, 1.54) is 0 Å². The van der Waals surface area contributed by atoms with Gasteiger partial charge in [-0.2, -0.15) is 0 Å². The molecule has 4 atom stereocenters. The maximum Gasteiger partial charge on any atom is 0.313 e. The van der Waals surface area contributed by atoms with Crippen LogP contribution in [-0.2, 0) is 25.7 Å². The Hall–Kier alpha value is -2.14. The quantitative estimate of drug-likeness (QED) is 0.626. The van der Waals surface area contributed by atoms with E-state index in [1.54, 1.807) is 4.90 Å².